The Labute approximate surface area is 90.0 Å². The van der Waals surface area contributed by atoms with Gasteiger partial charge in [0.15, 0.2) is 0 Å². The Morgan fingerprint density at radius 1 is 1.57 bits per heavy atom. The SMILES string of the molecule is [C-]#[N+]C(CCSC)C(=O)OC(C)(C)C. The molecule has 80 valence electrons. The molecule has 0 aromatic heterocycles. The second kappa shape index (κ2) is 5.92. The van der Waals surface area contributed by atoms with Gasteiger partial charge < -0.3 is 9.58 Å². The average molecular weight is 215 g/mol. The molecule has 0 aliphatic carbocycles. The Balaban J connectivity index is 4.13. The van der Waals surface area contributed by atoms with Gasteiger partial charge in [0.05, 0.1) is 0 Å². The maximum absolute atomic E-state index is 11.5. The van der Waals surface area contributed by atoms with Gasteiger partial charge in [0.25, 0.3) is 0 Å². The zero-order valence-electron chi connectivity index (χ0n) is 9.16. The molecule has 14 heavy (non-hydrogen) atoms. The maximum Gasteiger partial charge on any atom is 0.390 e. The molecule has 0 heterocycles. The number of hydrogen-bond acceptors (Lipinski definition) is 3. The van der Waals surface area contributed by atoms with Crippen molar-refractivity contribution in [1.29, 1.82) is 0 Å². The molecule has 0 spiro atoms. The maximum atomic E-state index is 11.5. The van der Waals surface area contributed by atoms with Crippen LogP contribution >= 0.6 is 11.8 Å². The van der Waals surface area contributed by atoms with Crippen LogP contribution < -0.4 is 0 Å². The zero-order chi connectivity index (χ0) is 11.2. The number of esters is 1. The summed E-state index contributed by atoms with van der Waals surface area (Å²) < 4.78 is 5.13. The van der Waals surface area contributed by atoms with Crippen LogP contribution in [0.2, 0.25) is 0 Å². The Bertz CT molecular complexity index is 227. The molecule has 0 amide bonds. The van der Waals surface area contributed by atoms with Crippen LogP contribution in [0.15, 0.2) is 0 Å². The smallest absolute Gasteiger partial charge is 0.390 e. The van der Waals surface area contributed by atoms with Crippen LogP contribution in [-0.4, -0.2) is 29.6 Å². The summed E-state index contributed by atoms with van der Waals surface area (Å²) in [6.07, 6.45) is 2.52. The lowest BCUT2D eigenvalue weighted by Crippen LogP contribution is -2.30. The predicted molar refractivity (Wildman–Crippen MR) is 59.2 cm³/mol. The highest BCUT2D eigenvalue weighted by molar-refractivity contribution is 7.98. The monoisotopic (exact) mass is 215 g/mol. The van der Waals surface area contributed by atoms with E-state index in [1.54, 1.807) is 32.5 Å². The standard InChI is InChI=1S/C10H17NO2S/c1-10(2,3)13-9(12)8(11-4)6-7-14-5/h8H,6-7H2,1-3,5H3. The number of carbonyl (C=O) groups excluding carboxylic acids is 1. The van der Waals surface area contributed by atoms with Crippen molar-refractivity contribution >= 4 is 17.7 Å². The molecule has 3 nitrogen and oxygen atoms in total. The number of nitrogens with zero attached hydrogens (tertiary/aromatic N) is 1. The van der Waals surface area contributed by atoms with Crippen LogP contribution in [0.1, 0.15) is 27.2 Å². The van der Waals surface area contributed by atoms with Gasteiger partial charge >= 0.3 is 12.0 Å². The van der Waals surface area contributed by atoms with E-state index in [0.717, 1.165) is 5.75 Å². The Morgan fingerprint density at radius 2 is 2.14 bits per heavy atom. The summed E-state index contributed by atoms with van der Waals surface area (Å²) >= 11 is 1.63. The third kappa shape index (κ3) is 5.87. The van der Waals surface area contributed by atoms with E-state index < -0.39 is 17.6 Å². The number of rotatable bonds is 4. The molecule has 0 saturated carbocycles. The molecule has 1 unspecified atom stereocenters. The van der Waals surface area contributed by atoms with Crippen molar-refractivity contribution in [1.82, 2.24) is 0 Å². The molecular weight excluding hydrogens is 198 g/mol. The summed E-state index contributed by atoms with van der Waals surface area (Å²) in [6.45, 7) is 12.3. The highest BCUT2D eigenvalue weighted by Crippen LogP contribution is 2.12. The van der Waals surface area contributed by atoms with E-state index in [2.05, 4.69) is 4.85 Å². The average Bonchev–Trinajstić information content (AvgIpc) is 2.02. The topological polar surface area (TPSA) is 30.7 Å². The van der Waals surface area contributed by atoms with Crippen molar-refractivity contribution in [2.24, 2.45) is 0 Å². The van der Waals surface area contributed by atoms with Gasteiger partial charge in [-0.3, -0.25) is 0 Å². The van der Waals surface area contributed by atoms with Crippen molar-refractivity contribution in [2.75, 3.05) is 12.0 Å². The first kappa shape index (κ1) is 13.3. The van der Waals surface area contributed by atoms with Crippen molar-refractivity contribution < 1.29 is 9.53 Å². The summed E-state index contributed by atoms with van der Waals surface area (Å²) in [5, 5.41) is 0. The van der Waals surface area contributed by atoms with Gasteiger partial charge in [-0.2, -0.15) is 11.8 Å². The van der Waals surface area contributed by atoms with E-state index in [1.807, 2.05) is 6.26 Å². The van der Waals surface area contributed by atoms with Crippen LogP contribution in [0.25, 0.3) is 4.85 Å². The molecule has 1 atom stereocenters. The van der Waals surface area contributed by atoms with Crippen LogP contribution in [0, 0.1) is 6.57 Å². The minimum absolute atomic E-state index is 0.401. The van der Waals surface area contributed by atoms with Crippen LogP contribution in [-0.2, 0) is 9.53 Å². The van der Waals surface area contributed by atoms with E-state index in [-0.39, 0.29) is 0 Å². The molecule has 4 heteroatoms. The van der Waals surface area contributed by atoms with Gasteiger partial charge in [0, 0.05) is 12.2 Å². The van der Waals surface area contributed by atoms with Crippen LogP contribution in [0.3, 0.4) is 0 Å². The van der Waals surface area contributed by atoms with Gasteiger partial charge in [-0.15, -0.1) is 0 Å². The second-order valence-electron chi connectivity index (χ2n) is 3.96. The van der Waals surface area contributed by atoms with Crippen molar-refractivity contribution in [3.05, 3.63) is 11.4 Å². The van der Waals surface area contributed by atoms with Crippen molar-refractivity contribution in [3.8, 4) is 0 Å². The number of carbonyl (C=O) groups is 1. The fraction of sp³-hybridized carbons (Fsp3) is 0.800. The largest absolute Gasteiger partial charge is 0.454 e. The third-order valence-electron chi connectivity index (χ3n) is 1.43. The minimum atomic E-state index is -0.637. The predicted octanol–water partition coefficient (Wildman–Crippen LogP) is 2.37. The van der Waals surface area contributed by atoms with E-state index in [4.69, 9.17) is 11.3 Å². The number of ether oxygens (including phenoxy) is 1. The van der Waals surface area contributed by atoms with E-state index >= 15 is 0 Å². The molecular formula is C10H17NO2S. The summed E-state index contributed by atoms with van der Waals surface area (Å²) in [7, 11) is 0. The molecule has 0 bridgehead atoms. The Hall–Kier alpha value is -0.690. The normalized spacial score (nSPS) is 13.1. The highest BCUT2D eigenvalue weighted by atomic mass is 32.2. The quantitative estimate of drug-likeness (QED) is 0.533. The van der Waals surface area contributed by atoms with Gasteiger partial charge in [0.2, 0.25) is 0 Å². The lowest BCUT2D eigenvalue weighted by Gasteiger charge is -2.19. The molecule has 0 N–H and O–H groups in total. The van der Waals surface area contributed by atoms with Gasteiger partial charge in [-0.25, -0.2) is 11.4 Å². The summed E-state index contributed by atoms with van der Waals surface area (Å²) in [6, 6.07) is -0.637. The van der Waals surface area contributed by atoms with Gasteiger partial charge in [-0.1, -0.05) is 0 Å². The Kier molecular flexibility index (Phi) is 5.63. The van der Waals surface area contributed by atoms with E-state index in [0.29, 0.717) is 6.42 Å². The summed E-state index contributed by atoms with van der Waals surface area (Å²) in [5.41, 5.74) is -0.501. The van der Waals surface area contributed by atoms with E-state index in [9.17, 15) is 4.79 Å². The summed E-state index contributed by atoms with van der Waals surface area (Å²) in [5.74, 6) is 0.410. The first-order chi connectivity index (χ1) is 6.40. The molecule has 0 aliphatic rings. The lowest BCUT2D eigenvalue weighted by molar-refractivity contribution is -0.155. The lowest BCUT2D eigenvalue weighted by atomic mass is 10.2. The highest BCUT2D eigenvalue weighted by Gasteiger charge is 2.28. The van der Waals surface area contributed by atoms with E-state index in [1.165, 1.54) is 0 Å². The Morgan fingerprint density at radius 3 is 2.50 bits per heavy atom. The van der Waals surface area contributed by atoms with Crippen LogP contribution in [0.4, 0.5) is 0 Å². The third-order valence-corrected chi connectivity index (χ3v) is 2.07. The molecule has 0 aromatic carbocycles. The second-order valence-corrected chi connectivity index (χ2v) is 4.95. The minimum Gasteiger partial charge on any atom is -0.454 e. The molecule has 0 aliphatic heterocycles. The zero-order valence-corrected chi connectivity index (χ0v) is 9.98. The molecule has 0 aromatic rings. The van der Waals surface area contributed by atoms with Gasteiger partial charge in [-0.05, 0) is 27.0 Å². The van der Waals surface area contributed by atoms with Crippen LogP contribution in [0.5, 0.6) is 0 Å². The van der Waals surface area contributed by atoms with Crippen molar-refractivity contribution in [3.63, 3.8) is 0 Å². The molecule has 0 rings (SSSR count). The number of thioether (sulfide) groups is 1. The fourth-order valence-electron chi connectivity index (χ4n) is 0.834. The first-order valence-electron chi connectivity index (χ1n) is 4.49. The summed E-state index contributed by atoms with van der Waals surface area (Å²) in [4.78, 5) is 14.7. The fourth-order valence-corrected chi connectivity index (χ4v) is 1.29. The molecule has 0 fully saturated rings. The molecule has 0 saturated heterocycles. The number of hydrogen-bond donors (Lipinski definition) is 0. The van der Waals surface area contributed by atoms with Crippen molar-refractivity contribution in [2.45, 2.75) is 38.8 Å². The first-order valence-corrected chi connectivity index (χ1v) is 5.88. The molecule has 0 radical (unpaired) electrons. The van der Waals surface area contributed by atoms with Gasteiger partial charge in [0.1, 0.15) is 5.60 Å².